The zero-order valence-corrected chi connectivity index (χ0v) is 15.7. The molecule has 1 rings (SSSR count). The van der Waals surface area contributed by atoms with E-state index in [-0.39, 0.29) is 0 Å². The third kappa shape index (κ3) is 7.12. The molecule has 0 N–H and O–H groups in total. The Labute approximate surface area is 150 Å². The monoisotopic (exact) mass is 341 g/mol. The third-order valence-corrected chi connectivity index (χ3v) is 3.41. The summed E-state index contributed by atoms with van der Waals surface area (Å²) in [7, 11) is 3.25. The summed E-state index contributed by atoms with van der Waals surface area (Å²) in [6.45, 7) is 9.99. The fourth-order valence-electron chi connectivity index (χ4n) is 1.89. The van der Waals surface area contributed by atoms with Crippen molar-refractivity contribution in [2.45, 2.75) is 20.8 Å². The number of hydrogen-bond acceptors (Lipinski definition) is 4. The van der Waals surface area contributed by atoms with Crippen LogP contribution < -0.4 is 9.47 Å². The topological polar surface area (TPSA) is 40.0 Å². The van der Waals surface area contributed by atoms with Crippen LogP contribution in [0, 0.1) is 6.92 Å². The molecular formula is C21H27NO3. The highest BCUT2D eigenvalue weighted by molar-refractivity contribution is 5.76. The number of allylic oxidation sites excluding steroid dienone is 6. The summed E-state index contributed by atoms with van der Waals surface area (Å²) in [4.78, 5) is 4.44. The molecule has 0 fully saturated rings. The van der Waals surface area contributed by atoms with Crippen LogP contribution in [0.15, 0.2) is 65.4 Å². The first kappa shape index (κ1) is 20.3. The Morgan fingerprint density at radius 1 is 1.12 bits per heavy atom. The van der Waals surface area contributed by atoms with Crippen molar-refractivity contribution in [3.05, 3.63) is 66.0 Å². The van der Waals surface area contributed by atoms with Crippen LogP contribution in [0.25, 0.3) is 0 Å². The van der Waals surface area contributed by atoms with Crippen LogP contribution in [-0.2, 0) is 4.74 Å². The molecule has 0 aromatic heterocycles. The van der Waals surface area contributed by atoms with E-state index in [2.05, 4.69) is 11.6 Å². The van der Waals surface area contributed by atoms with Gasteiger partial charge in [-0.05, 0) is 44.1 Å². The van der Waals surface area contributed by atoms with Crippen LogP contribution in [0.3, 0.4) is 0 Å². The lowest BCUT2D eigenvalue weighted by Crippen LogP contribution is -2.01. The summed E-state index contributed by atoms with van der Waals surface area (Å²) in [5.74, 6) is 2.14. The van der Waals surface area contributed by atoms with Gasteiger partial charge in [-0.25, -0.2) is 0 Å². The van der Waals surface area contributed by atoms with Gasteiger partial charge in [0.25, 0.3) is 0 Å². The van der Waals surface area contributed by atoms with E-state index in [1.807, 2.05) is 51.1 Å². The molecule has 0 bridgehead atoms. The molecule has 25 heavy (non-hydrogen) atoms. The third-order valence-electron chi connectivity index (χ3n) is 3.41. The Balaban J connectivity index is 2.92. The minimum Gasteiger partial charge on any atom is -0.501 e. The smallest absolute Gasteiger partial charge is 0.162 e. The van der Waals surface area contributed by atoms with Gasteiger partial charge in [0.05, 0.1) is 25.7 Å². The maximum Gasteiger partial charge on any atom is 0.162 e. The molecule has 0 aliphatic heterocycles. The lowest BCUT2D eigenvalue weighted by atomic mass is 10.1. The molecule has 1 aromatic rings. The summed E-state index contributed by atoms with van der Waals surface area (Å²) in [5.41, 5.74) is 2.93. The molecule has 4 nitrogen and oxygen atoms in total. The first-order chi connectivity index (χ1) is 12.0. The van der Waals surface area contributed by atoms with E-state index < -0.39 is 0 Å². The molecule has 0 unspecified atom stereocenters. The number of nitrogens with zero attached hydrogens (tertiary/aromatic N) is 1. The molecule has 0 saturated heterocycles. The van der Waals surface area contributed by atoms with Crippen LogP contribution >= 0.6 is 0 Å². The van der Waals surface area contributed by atoms with Crippen molar-refractivity contribution in [2.75, 3.05) is 20.8 Å². The number of aryl methyl sites for hydroxylation is 1. The minimum atomic E-state index is 0.482. The summed E-state index contributed by atoms with van der Waals surface area (Å²) in [5, 5.41) is 0. The zero-order valence-electron chi connectivity index (χ0n) is 15.7. The molecule has 1 aromatic carbocycles. The van der Waals surface area contributed by atoms with E-state index in [0.29, 0.717) is 18.1 Å². The van der Waals surface area contributed by atoms with E-state index in [9.17, 15) is 0 Å². The second-order valence-corrected chi connectivity index (χ2v) is 5.47. The van der Waals surface area contributed by atoms with Gasteiger partial charge in [-0.3, -0.25) is 4.99 Å². The number of hydrogen-bond donors (Lipinski definition) is 0. The van der Waals surface area contributed by atoms with Crippen molar-refractivity contribution < 1.29 is 14.2 Å². The average molecular weight is 341 g/mol. The summed E-state index contributed by atoms with van der Waals surface area (Å²) in [6.07, 6.45) is 11.0. The molecule has 4 heteroatoms. The molecule has 0 amide bonds. The van der Waals surface area contributed by atoms with E-state index in [1.54, 1.807) is 32.6 Å². The first-order valence-corrected chi connectivity index (χ1v) is 8.03. The maximum atomic E-state index is 5.88. The second-order valence-electron chi connectivity index (χ2n) is 5.47. The minimum absolute atomic E-state index is 0.482. The van der Waals surface area contributed by atoms with Crippen molar-refractivity contribution >= 4 is 11.9 Å². The Morgan fingerprint density at radius 3 is 2.52 bits per heavy atom. The van der Waals surface area contributed by atoms with E-state index in [0.717, 1.165) is 22.6 Å². The van der Waals surface area contributed by atoms with Gasteiger partial charge in [0, 0.05) is 12.3 Å². The van der Waals surface area contributed by atoms with Crippen molar-refractivity contribution in [3.63, 3.8) is 0 Å². The molecule has 0 aliphatic carbocycles. The Morgan fingerprint density at radius 2 is 1.88 bits per heavy atom. The molecule has 0 spiro atoms. The van der Waals surface area contributed by atoms with Crippen molar-refractivity contribution in [3.8, 4) is 11.5 Å². The van der Waals surface area contributed by atoms with Gasteiger partial charge in [-0.2, -0.15) is 0 Å². The molecule has 0 heterocycles. The maximum absolute atomic E-state index is 5.88. The predicted molar refractivity (Wildman–Crippen MR) is 105 cm³/mol. The zero-order chi connectivity index (χ0) is 18.7. The van der Waals surface area contributed by atoms with E-state index in [1.165, 1.54) is 0 Å². The first-order valence-electron chi connectivity index (χ1n) is 8.03. The van der Waals surface area contributed by atoms with E-state index in [4.69, 9.17) is 14.2 Å². The quantitative estimate of drug-likeness (QED) is 0.346. The second kappa shape index (κ2) is 10.9. The largest absolute Gasteiger partial charge is 0.501 e. The van der Waals surface area contributed by atoms with Crippen LogP contribution in [0.1, 0.15) is 19.4 Å². The van der Waals surface area contributed by atoms with Crippen molar-refractivity contribution in [1.82, 2.24) is 0 Å². The normalized spacial score (nSPS) is 12.7. The van der Waals surface area contributed by atoms with Gasteiger partial charge >= 0.3 is 0 Å². The fraction of sp³-hybridized carbons (Fsp3) is 0.286. The van der Waals surface area contributed by atoms with Crippen LogP contribution in [-0.4, -0.2) is 27.0 Å². The highest BCUT2D eigenvalue weighted by atomic mass is 16.5. The van der Waals surface area contributed by atoms with Gasteiger partial charge in [-0.15, -0.1) is 0 Å². The van der Waals surface area contributed by atoms with Gasteiger partial charge in [0.1, 0.15) is 6.61 Å². The molecule has 0 radical (unpaired) electrons. The molecular weight excluding hydrogens is 314 g/mol. The van der Waals surface area contributed by atoms with Gasteiger partial charge in [-0.1, -0.05) is 30.9 Å². The average Bonchev–Trinajstić information content (AvgIpc) is 2.61. The van der Waals surface area contributed by atoms with Crippen molar-refractivity contribution in [2.24, 2.45) is 4.99 Å². The van der Waals surface area contributed by atoms with Crippen LogP contribution in [0.5, 0.6) is 11.5 Å². The molecule has 0 aliphatic rings. The number of benzene rings is 1. The lowest BCUT2D eigenvalue weighted by Gasteiger charge is -2.13. The summed E-state index contributed by atoms with van der Waals surface area (Å²) >= 11 is 0. The SMILES string of the molecule is C=C/C=C\C=C(/C)COc1cc(C)c(N=C/C=C(\C)OC)cc1OC. The van der Waals surface area contributed by atoms with Crippen LogP contribution in [0.4, 0.5) is 5.69 Å². The number of methoxy groups -OCH3 is 2. The molecule has 0 saturated carbocycles. The summed E-state index contributed by atoms with van der Waals surface area (Å²) in [6, 6.07) is 3.80. The fourth-order valence-corrected chi connectivity index (χ4v) is 1.89. The Hall–Kier alpha value is -2.75. The number of ether oxygens (including phenoxy) is 3. The predicted octanol–water partition coefficient (Wildman–Crippen LogP) is 5.32. The number of aliphatic imine (C=N–C) groups is 1. The number of rotatable bonds is 9. The Kier molecular flexibility index (Phi) is 8.86. The van der Waals surface area contributed by atoms with Crippen LogP contribution in [0.2, 0.25) is 0 Å². The van der Waals surface area contributed by atoms with Gasteiger partial charge < -0.3 is 14.2 Å². The molecule has 0 atom stereocenters. The Bertz CT molecular complexity index is 697. The van der Waals surface area contributed by atoms with Crippen molar-refractivity contribution in [1.29, 1.82) is 0 Å². The highest BCUT2D eigenvalue weighted by Crippen LogP contribution is 2.34. The molecule has 134 valence electrons. The highest BCUT2D eigenvalue weighted by Gasteiger charge is 2.09. The van der Waals surface area contributed by atoms with Gasteiger partial charge in [0.2, 0.25) is 0 Å². The summed E-state index contributed by atoms with van der Waals surface area (Å²) < 4.78 is 16.4. The standard InChI is InChI=1S/C21H27NO3/c1-7-8-9-10-16(2)15-25-21-13-17(3)19(14-20(21)24-6)22-12-11-18(4)23-5/h7-14H,1,15H2,2-6H3/b9-8-,16-10+,18-11+,22-12?. The lowest BCUT2D eigenvalue weighted by molar-refractivity contribution is 0.294. The van der Waals surface area contributed by atoms with Gasteiger partial charge in [0.15, 0.2) is 11.5 Å². The van der Waals surface area contributed by atoms with E-state index >= 15 is 0 Å².